The number of hydrogen-bond acceptors (Lipinski definition) is 6. The second kappa shape index (κ2) is 41.7. The Labute approximate surface area is 329 Å². The van der Waals surface area contributed by atoms with Gasteiger partial charge in [-0.25, -0.2) is 4.79 Å². The maximum atomic E-state index is 12.6. The molecule has 0 atom stereocenters. The molecule has 0 bridgehead atoms. The Morgan fingerprint density at radius 1 is 0.566 bits per heavy atom. The number of hydrogen-bond donors (Lipinski definition) is 1. The summed E-state index contributed by atoms with van der Waals surface area (Å²) < 4.78 is 23.1. The molecule has 1 N–H and O–H groups in total. The first kappa shape index (κ1) is 49.6. The standard InChI is InChI=1S/C46H88N2O5/c1-3-5-7-9-11-13-15-17-19-21-23-25-27-29-31-33-39-51-43-45(53-46(49)47-35-36-48-37-41-50-42-38-48)44-52-40-34-32-30-28-26-24-22-20-18-16-14-12-10-8-6-4-2/h17-20,45H,3-16,21-44H2,1-2H3,(H,47,49)/b19-17-,20-18-. The number of allylic oxidation sites excluding steroid dienone is 4. The Bertz CT molecular complexity index is 755. The lowest BCUT2D eigenvalue weighted by Crippen LogP contribution is -2.42. The summed E-state index contributed by atoms with van der Waals surface area (Å²) >= 11 is 0. The Balaban J connectivity index is 2.11. The maximum Gasteiger partial charge on any atom is 0.407 e. The van der Waals surface area contributed by atoms with E-state index in [4.69, 9.17) is 18.9 Å². The largest absolute Gasteiger partial charge is 0.441 e. The number of morpholine rings is 1. The number of alkyl carbamates (subject to hydrolysis) is 1. The van der Waals surface area contributed by atoms with Crippen LogP contribution in [0.4, 0.5) is 4.79 Å². The Hall–Kier alpha value is -1.41. The van der Waals surface area contributed by atoms with Gasteiger partial charge in [-0.05, 0) is 64.2 Å². The summed E-state index contributed by atoms with van der Waals surface area (Å²) in [6.45, 7) is 11.4. The van der Waals surface area contributed by atoms with E-state index in [0.29, 0.717) is 33.0 Å². The lowest BCUT2D eigenvalue weighted by atomic mass is 10.1. The van der Waals surface area contributed by atoms with Crippen molar-refractivity contribution in [3.63, 3.8) is 0 Å². The highest BCUT2D eigenvalue weighted by Gasteiger charge is 2.16. The predicted octanol–water partition coefficient (Wildman–Crippen LogP) is 12.5. The van der Waals surface area contributed by atoms with Crippen molar-refractivity contribution in [2.24, 2.45) is 0 Å². The SMILES string of the molecule is CCCCCCCC/C=C\CCCCCCCCOCC(COCCCCCCCC/C=C\CCCCCCCC)OC(=O)NCCN1CCOCC1. The molecule has 0 aliphatic carbocycles. The second-order valence-corrected chi connectivity index (χ2v) is 15.4. The van der Waals surface area contributed by atoms with Crippen molar-refractivity contribution < 1.29 is 23.7 Å². The molecule has 0 spiro atoms. The molecule has 7 heteroatoms. The molecule has 0 saturated carbocycles. The molecule has 0 unspecified atom stereocenters. The van der Waals surface area contributed by atoms with Crippen LogP contribution < -0.4 is 5.32 Å². The third kappa shape index (κ3) is 37.3. The minimum atomic E-state index is -0.387. The van der Waals surface area contributed by atoms with Crippen LogP contribution in [-0.2, 0) is 18.9 Å². The third-order valence-electron chi connectivity index (χ3n) is 10.3. The van der Waals surface area contributed by atoms with Gasteiger partial charge in [0, 0.05) is 39.4 Å². The first-order valence-electron chi connectivity index (χ1n) is 23.0. The molecule has 0 radical (unpaired) electrons. The molecule has 1 saturated heterocycles. The molecule has 1 heterocycles. The fourth-order valence-corrected chi connectivity index (χ4v) is 6.78. The Kier molecular flexibility index (Phi) is 39.1. The molecule has 1 fully saturated rings. The van der Waals surface area contributed by atoms with E-state index < -0.39 is 0 Å². The van der Waals surface area contributed by atoms with Crippen LogP contribution in [0.15, 0.2) is 24.3 Å². The number of nitrogens with one attached hydrogen (secondary N) is 1. The van der Waals surface area contributed by atoms with E-state index in [2.05, 4.69) is 48.4 Å². The normalized spacial score (nSPS) is 13.9. The van der Waals surface area contributed by atoms with Crippen LogP contribution in [-0.4, -0.2) is 82.9 Å². The van der Waals surface area contributed by atoms with Gasteiger partial charge in [-0.1, -0.05) is 154 Å². The molecule has 0 aromatic carbocycles. The van der Waals surface area contributed by atoms with Gasteiger partial charge < -0.3 is 24.3 Å². The predicted molar refractivity (Wildman–Crippen MR) is 226 cm³/mol. The molecule has 1 aliphatic heterocycles. The topological polar surface area (TPSA) is 69.3 Å². The molecule has 53 heavy (non-hydrogen) atoms. The van der Waals surface area contributed by atoms with Crippen molar-refractivity contribution in [1.82, 2.24) is 10.2 Å². The highest BCUT2D eigenvalue weighted by atomic mass is 16.6. The van der Waals surface area contributed by atoms with Crippen LogP contribution in [0.3, 0.4) is 0 Å². The lowest BCUT2D eigenvalue weighted by molar-refractivity contribution is -0.0294. The number of amides is 1. The van der Waals surface area contributed by atoms with Crippen LogP contribution in [0.25, 0.3) is 0 Å². The van der Waals surface area contributed by atoms with Crippen molar-refractivity contribution in [2.75, 3.05) is 65.8 Å². The summed E-state index contributed by atoms with van der Waals surface area (Å²) in [4.78, 5) is 14.9. The van der Waals surface area contributed by atoms with E-state index >= 15 is 0 Å². The molecular formula is C46H88N2O5. The van der Waals surface area contributed by atoms with Crippen molar-refractivity contribution in [1.29, 1.82) is 0 Å². The summed E-state index contributed by atoms with van der Waals surface area (Å²) in [5.74, 6) is 0. The number of rotatable bonds is 40. The van der Waals surface area contributed by atoms with Gasteiger partial charge in [0.15, 0.2) is 6.10 Å². The van der Waals surface area contributed by atoms with Gasteiger partial charge >= 0.3 is 6.09 Å². The number of carbonyl (C=O) groups excluding carboxylic acids is 1. The van der Waals surface area contributed by atoms with E-state index in [9.17, 15) is 4.79 Å². The van der Waals surface area contributed by atoms with Gasteiger partial charge in [-0.2, -0.15) is 0 Å². The highest BCUT2D eigenvalue weighted by molar-refractivity contribution is 5.67. The zero-order chi connectivity index (χ0) is 38.0. The number of ether oxygens (including phenoxy) is 4. The highest BCUT2D eigenvalue weighted by Crippen LogP contribution is 2.12. The third-order valence-corrected chi connectivity index (χ3v) is 10.3. The Morgan fingerprint density at radius 3 is 1.36 bits per heavy atom. The van der Waals surface area contributed by atoms with Gasteiger partial charge in [-0.3, -0.25) is 4.90 Å². The first-order valence-corrected chi connectivity index (χ1v) is 23.0. The Morgan fingerprint density at radius 2 is 0.943 bits per heavy atom. The molecule has 0 aromatic heterocycles. The molecule has 1 amide bonds. The summed E-state index contributed by atoms with van der Waals surface area (Å²) in [5.41, 5.74) is 0. The van der Waals surface area contributed by atoms with Gasteiger partial charge in [0.25, 0.3) is 0 Å². The number of carbonyl (C=O) groups is 1. The molecule has 312 valence electrons. The molecule has 1 rings (SSSR count). The fraction of sp³-hybridized carbons (Fsp3) is 0.891. The van der Waals surface area contributed by atoms with Crippen LogP contribution in [0.5, 0.6) is 0 Å². The number of nitrogens with zero attached hydrogens (tertiary/aromatic N) is 1. The average molecular weight is 749 g/mol. The van der Waals surface area contributed by atoms with E-state index in [-0.39, 0.29) is 12.2 Å². The van der Waals surface area contributed by atoms with Gasteiger partial charge in [0.1, 0.15) is 0 Å². The van der Waals surface area contributed by atoms with E-state index in [1.807, 2.05) is 0 Å². The van der Waals surface area contributed by atoms with Crippen LogP contribution in [0.2, 0.25) is 0 Å². The van der Waals surface area contributed by atoms with Crippen LogP contribution in [0, 0.1) is 0 Å². The molecule has 1 aliphatic rings. The maximum absolute atomic E-state index is 12.6. The molecule has 7 nitrogen and oxygen atoms in total. The summed E-state index contributed by atoms with van der Waals surface area (Å²) in [6, 6.07) is 0. The van der Waals surface area contributed by atoms with Crippen molar-refractivity contribution in [3.8, 4) is 0 Å². The van der Waals surface area contributed by atoms with Gasteiger partial charge in [0.2, 0.25) is 0 Å². The molecule has 0 aromatic rings. The van der Waals surface area contributed by atoms with Crippen LogP contribution >= 0.6 is 0 Å². The summed E-state index contributed by atoms with van der Waals surface area (Å²) in [6.07, 6.45) is 45.1. The van der Waals surface area contributed by atoms with E-state index in [1.54, 1.807) is 0 Å². The van der Waals surface area contributed by atoms with Crippen molar-refractivity contribution in [2.45, 2.75) is 200 Å². The first-order chi connectivity index (χ1) is 26.3. The van der Waals surface area contributed by atoms with E-state index in [1.165, 1.54) is 167 Å². The quantitative estimate of drug-likeness (QED) is 0.0497. The van der Waals surface area contributed by atoms with Crippen molar-refractivity contribution >= 4 is 6.09 Å². The monoisotopic (exact) mass is 749 g/mol. The minimum Gasteiger partial charge on any atom is -0.441 e. The average Bonchev–Trinajstić information content (AvgIpc) is 3.17. The minimum absolute atomic E-state index is 0.384. The molecular weight excluding hydrogens is 661 g/mol. The van der Waals surface area contributed by atoms with E-state index in [0.717, 1.165) is 45.7 Å². The van der Waals surface area contributed by atoms with Crippen LogP contribution in [0.1, 0.15) is 194 Å². The number of unbranched alkanes of at least 4 members (excludes halogenated alkanes) is 24. The smallest absolute Gasteiger partial charge is 0.407 e. The zero-order valence-electron chi connectivity index (χ0n) is 35.2. The zero-order valence-corrected chi connectivity index (χ0v) is 35.2. The lowest BCUT2D eigenvalue weighted by Gasteiger charge is -2.26. The summed E-state index contributed by atoms with van der Waals surface area (Å²) in [5, 5.41) is 2.92. The fourth-order valence-electron chi connectivity index (χ4n) is 6.78. The van der Waals surface area contributed by atoms with Crippen molar-refractivity contribution in [3.05, 3.63) is 24.3 Å². The second-order valence-electron chi connectivity index (χ2n) is 15.4. The van der Waals surface area contributed by atoms with Gasteiger partial charge in [-0.15, -0.1) is 0 Å². The summed E-state index contributed by atoms with van der Waals surface area (Å²) in [7, 11) is 0. The van der Waals surface area contributed by atoms with Gasteiger partial charge in [0.05, 0.1) is 26.4 Å².